The highest BCUT2D eigenvalue weighted by Crippen LogP contribution is 2.21. The highest BCUT2D eigenvalue weighted by Gasteiger charge is 2.25. The molecular formula is C19H20N2O6. The first-order chi connectivity index (χ1) is 13.0. The average molecular weight is 372 g/mol. The smallest absolute Gasteiger partial charge is 0.408 e. The molecule has 0 aliphatic heterocycles. The zero-order valence-electron chi connectivity index (χ0n) is 14.7. The summed E-state index contributed by atoms with van der Waals surface area (Å²) >= 11 is 0. The van der Waals surface area contributed by atoms with Gasteiger partial charge in [0.15, 0.2) is 0 Å². The van der Waals surface area contributed by atoms with Gasteiger partial charge in [0.2, 0.25) is 5.91 Å². The molecule has 0 aromatic heterocycles. The summed E-state index contributed by atoms with van der Waals surface area (Å²) in [4.78, 5) is 35.9. The Morgan fingerprint density at radius 2 is 1.70 bits per heavy atom. The number of carbonyl (C=O) groups excluding carboxylic acids is 3. The van der Waals surface area contributed by atoms with E-state index in [4.69, 9.17) is 4.74 Å². The molecule has 27 heavy (non-hydrogen) atoms. The number of ether oxygens (including phenoxy) is 2. The third kappa shape index (κ3) is 6.35. The van der Waals surface area contributed by atoms with Gasteiger partial charge in [0.1, 0.15) is 18.4 Å². The summed E-state index contributed by atoms with van der Waals surface area (Å²) in [5.74, 6) is -1.50. The Kier molecular flexibility index (Phi) is 7.18. The molecule has 1 atom stereocenters. The fourth-order valence-corrected chi connectivity index (χ4v) is 2.21. The lowest BCUT2D eigenvalue weighted by atomic mass is 10.2. The van der Waals surface area contributed by atoms with Gasteiger partial charge >= 0.3 is 12.1 Å². The van der Waals surface area contributed by atoms with Crippen molar-refractivity contribution >= 4 is 23.7 Å². The molecule has 2 aromatic rings. The van der Waals surface area contributed by atoms with Crippen molar-refractivity contribution in [3.05, 3.63) is 60.2 Å². The van der Waals surface area contributed by atoms with Gasteiger partial charge in [-0.05, 0) is 17.7 Å². The number of methoxy groups -OCH3 is 1. The molecule has 0 saturated carbocycles. The largest absolute Gasteiger partial charge is 0.506 e. The first-order valence-electron chi connectivity index (χ1n) is 8.12. The van der Waals surface area contributed by atoms with Gasteiger partial charge in [-0.3, -0.25) is 4.79 Å². The molecule has 8 nitrogen and oxygen atoms in total. The van der Waals surface area contributed by atoms with E-state index in [-0.39, 0.29) is 24.5 Å². The maximum Gasteiger partial charge on any atom is 0.408 e. The van der Waals surface area contributed by atoms with Gasteiger partial charge in [-0.25, -0.2) is 9.59 Å². The van der Waals surface area contributed by atoms with Crippen molar-refractivity contribution in [1.29, 1.82) is 0 Å². The van der Waals surface area contributed by atoms with Crippen LogP contribution in [0.4, 0.5) is 10.5 Å². The lowest BCUT2D eigenvalue weighted by Gasteiger charge is -2.16. The Hall–Kier alpha value is -3.55. The number of hydrogen-bond acceptors (Lipinski definition) is 6. The Labute approximate surface area is 156 Å². The molecule has 0 heterocycles. The van der Waals surface area contributed by atoms with Crippen LogP contribution in [-0.2, 0) is 25.7 Å². The Balaban J connectivity index is 1.92. The fraction of sp³-hybridized carbons (Fsp3) is 0.211. The van der Waals surface area contributed by atoms with E-state index in [0.29, 0.717) is 0 Å². The van der Waals surface area contributed by atoms with Crippen LogP contribution >= 0.6 is 0 Å². The monoisotopic (exact) mass is 372 g/mol. The van der Waals surface area contributed by atoms with Crippen molar-refractivity contribution in [2.45, 2.75) is 19.1 Å². The molecule has 2 amide bonds. The highest BCUT2D eigenvalue weighted by atomic mass is 16.6. The van der Waals surface area contributed by atoms with Crippen LogP contribution in [0.5, 0.6) is 5.75 Å². The third-order valence-electron chi connectivity index (χ3n) is 3.56. The number of para-hydroxylation sites is 2. The molecule has 0 spiro atoms. The zero-order chi connectivity index (χ0) is 19.6. The summed E-state index contributed by atoms with van der Waals surface area (Å²) in [6.45, 7) is 0.0185. The fourth-order valence-electron chi connectivity index (χ4n) is 2.21. The Bertz CT molecular complexity index is 794. The number of nitrogens with one attached hydrogen (secondary N) is 2. The van der Waals surface area contributed by atoms with E-state index in [0.717, 1.165) is 12.7 Å². The second kappa shape index (κ2) is 9.81. The van der Waals surface area contributed by atoms with E-state index in [1.807, 2.05) is 6.07 Å². The molecular weight excluding hydrogens is 352 g/mol. The molecule has 2 aromatic carbocycles. The zero-order valence-corrected chi connectivity index (χ0v) is 14.7. The first-order valence-corrected chi connectivity index (χ1v) is 8.12. The molecule has 1 unspecified atom stereocenters. The predicted octanol–water partition coefficient (Wildman–Crippen LogP) is 2.19. The van der Waals surface area contributed by atoms with Crippen molar-refractivity contribution in [3.8, 4) is 5.75 Å². The number of carbonyl (C=O) groups is 3. The number of phenolic OH excluding ortho intramolecular Hbond substituents is 1. The van der Waals surface area contributed by atoms with Gasteiger partial charge in [0.25, 0.3) is 0 Å². The maximum absolute atomic E-state index is 12.1. The van der Waals surface area contributed by atoms with Crippen molar-refractivity contribution in [1.82, 2.24) is 5.32 Å². The standard InChI is InChI=1S/C19H20N2O6/c1-26-18(24)15(11-17(23)20-14-9-5-6-10-16(14)22)21-19(25)27-12-13-7-3-2-4-8-13/h2-10,15,22H,11-12H2,1H3,(H,20,23)(H,21,25). The summed E-state index contributed by atoms with van der Waals surface area (Å²) in [6, 6.07) is 13.9. The minimum atomic E-state index is -1.23. The SMILES string of the molecule is COC(=O)C(CC(=O)Nc1ccccc1O)NC(=O)OCc1ccccc1. The van der Waals surface area contributed by atoms with Crippen molar-refractivity contribution in [2.24, 2.45) is 0 Å². The minimum absolute atomic E-state index is 0.0185. The highest BCUT2D eigenvalue weighted by molar-refractivity contribution is 5.96. The normalized spacial score (nSPS) is 11.1. The molecule has 142 valence electrons. The van der Waals surface area contributed by atoms with E-state index in [1.165, 1.54) is 12.1 Å². The number of hydrogen-bond donors (Lipinski definition) is 3. The van der Waals surface area contributed by atoms with E-state index in [2.05, 4.69) is 15.4 Å². The number of esters is 1. The number of aromatic hydroxyl groups is 1. The summed E-state index contributed by atoms with van der Waals surface area (Å²) in [5, 5.41) is 14.4. The van der Waals surface area contributed by atoms with Crippen LogP contribution in [0.25, 0.3) is 0 Å². The minimum Gasteiger partial charge on any atom is -0.506 e. The quantitative estimate of drug-likeness (QED) is 0.507. The van der Waals surface area contributed by atoms with Gasteiger partial charge < -0.3 is 25.2 Å². The number of benzene rings is 2. The summed E-state index contributed by atoms with van der Waals surface area (Å²) in [7, 11) is 1.15. The molecule has 0 fully saturated rings. The van der Waals surface area contributed by atoms with Crippen LogP contribution in [0.15, 0.2) is 54.6 Å². The molecule has 0 bridgehead atoms. The summed E-state index contributed by atoms with van der Waals surface area (Å²) in [6.07, 6.45) is -1.24. The number of alkyl carbamates (subject to hydrolysis) is 1. The molecule has 0 saturated heterocycles. The van der Waals surface area contributed by atoms with E-state index in [9.17, 15) is 19.5 Å². The predicted molar refractivity (Wildman–Crippen MR) is 96.9 cm³/mol. The van der Waals surface area contributed by atoms with Crippen LogP contribution in [0.3, 0.4) is 0 Å². The number of anilines is 1. The van der Waals surface area contributed by atoms with Gasteiger partial charge in [0.05, 0.1) is 19.2 Å². The summed E-state index contributed by atoms with van der Waals surface area (Å²) in [5.41, 5.74) is 0.970. The van der Waals surface area contributed by atoms with Crippen molar-refractivity contribution < 1.29 is 29.0 Å². The van der Waals surface area contributed by atoms with E-state index in [1.54, 1.807) is 36.4 Å². The van der Waals surface area contributed by atoms with Crippen LogP contribution in [0.1, 0.15) is 12.0 Å². The molecule has 8 heteroatoms. The average Bonchev–Trinajstić information content (AvgIpc) is 2.68. The molecule has 0 aliphatic rings. The van der Waals surface area contributed by atoms with Crippen molar-refractivity contribution in [3.63, 3.8) is 0 Å². The first kappa shape index (κ1) is 19.8. The van der Waals surface area contributed by atoms with Gasteiger partial charge in [0, 0.05) is 0 Å². The number of phenols is 1. The van der Waals surface area contributed by atoms with Crippen molar-refractivity contribution in [2.75, 3.05) is 12.4 Å². The van der Waals surface area contributed by atoms with Gasteiger partial charge in [-0.1, -0.05) is 42.5 Å². The van der Waals surface area contributed by atoms with Crippen LogP contribution in [-0.4, -0.2) is 36.2 Å². The van der Waals surface area contributed by atoms with Gasteiger partial charge in [-0.15, -0.1) is 0 Å². The number of amides is 2. The van der Waals surface area contributed by atoms with E-state index < -0.39 is 24.0 Å². The second-order valence-corrected chi connectivity index (χ2v) is 5.55. The Morgan fingerprint density at radius 1 is 1.04 bits per heavy atom. The molecule has 2 rings (SSSR count). The second-order valence-electron chi connectivity index (χ2n) is 5.55. The van der Waals surface area contributed by atoms with E-state index >= 15 is 0 Å². The molecule has 0 radical (unpaired) electrons. The lowest BCUT2D eigenvalue weighted by Crippen LogP contribution is -2.44. The molecule has 0 aliphatic carbocycles. The number of rotatable bonds is 7. The summed E-state index contributed by atoms with van der Waals surface area (Å²) < 4.78 is 9.65. The lowest BCUT2D eigenvalue weighted by molar-refractivity contribution is -0.144. The topological polar surface area (TPSA) is 114 Å². The van der Waals surface area contributed by atoms with Crippen LogP contribution < -0.4 is 10.6 Å². The van der Waals surface area contributed by atoms with Gasteiger partial charge in [-0.2, -0.15) is 0 Å². The van der Waals surface area contributed by atoms with Crippen LogP contribution in [0, 0.1) is 0 Å². The maximum atomic E-state index is 12.1. The van der Waals surface area contributed by atoms with Crippen LogP contribution in [0.2, 0.25) is 0 Å². The third-order valence-corrected chi connectivity index (χ3v) is 3.56. The molecule has 3 N–H and O–H groups in total. The Morgan fingerprint density at radius 3 is 2.37 bits per heavy atom.